The van der Waals surface area contributed by atoms with Crippen molar-refractivity contribution in [1.29, 1.82) is 0 Å². The van der Waals surface area contributed by atoms with Gasteiger partial charge in [-0.1, -0.05) is 0 Å². The Labute approximate surface area is 124 Å². The van der Waals surface area contributed by atoms with E-state index in [0.717, 1.165) is 17.7 Å². The molecule has 0 spiro atoms. The highest BCUT2D eigenvalue weighted by atomic mass is 32.2. The summed E-state index contributed by atoms with van der Waals surface area (Å²) in [6.07, 6.45) is 1.79. The Bertz CT molecular complexity index is 539. The van der Waals surface area contributed by atoms with Crippen LogP contribution in [0.15, 0.2) is 29.2 Å². The van der Waals surface area contributed by atoms with Crippen LogP contribution in [0, 0.1) is 5.41 Å². The number of rotatable bonds is 8. The third-order valence-corrected chi connectivity index (χ3v) is 6.06. The van der Waals surface area contributed by atoms with E-state index in [1.807, 2.05) is 12.1 Å². The number of aliphatic hydroxyl groups excluding tert-OH is 1. The van der Waals surface area contributed by atoms with Crippen LogP contribution in [-0.2, 0) is 10.0 Å². The lowest BCUT2D eigenvalue weighted by Crippen LogP contribution is -2.34. The molecule has 1 aliphatic carbocycles. The SMILES string of the molecule is Nc1ccc(SCCS(=O)(=O)NCC2(CO)CC2)cc1. The van der Waals surface area contributed by atoms with Gasteiger partial charge >= 0.3 is 0 Å². The number of sulfonamides is 1. The van der Waals surface area contributed by atoms with E-state index < -0.39 is 10.0 Å². The second kappa shape index (κ2) is 6.34. The number of nitrogen functional groups attached to an aromatic ring is 1. The molecule has 0 aliphatic heterocycles. The van der Waals surface area contributed by atoms with Gasteiger partial charge in [0.25, 0.3) is 0 Å². The number of hydrogen-bond acceptors (Lipinski definition) is 5. The van der Waals surface area contributed by atoms with E-state index in [4.69, 9.17) is 10.8 Å². The zero-order valence-corrected chi connectivity index (χ0v) is 12.8. The maximum atomic E-state index is 11.8. The molecular formula is C13H20N2O3S2. The first-order valence-electron chi connectivity index (χ1n) is 6.51. The fourth-order valence-corrected chi connectivity index (χ4v) is 4.18. The van der Waals surface area contributed by atoms with E-state index in [1.54, 1.807) is 12.1 Å². The van der Waals surface area contributed by atoms with Crippen molar-refractivity contribution in [3.8, 4) is 0 Å². The lowest BCUT2D eigenvalue weighted by Gasteiger charge is -2.13. The van der Waals surface area contributed by atoms with Crippen LogP contribution in [0.5, 0.6) is 0 Å². The highest BCUT2D eigenvalue weighted by Gasteiger charge is 2.42. The van der Waals surface area contributed by atoms with Gasteiger partial charge in [-0.3, -0.25) is 0 Å². The molecule has 1 fully saturated rings. The molecule has 0 radical (unpaired) electrons. The van der Waals surface area contributed by atoms with E-state index in [1.165, 1.54) is 11.8 Å². The van der Waals surface area contributed by atoms with Gasteiger partial charge in [-0.2, -0.15) is 0 Å². The first-order valence-corrected chi connectivity index (χ1v) is 9.15. The van der Waals surface area contributed by atoms with Gasteiger partial charge in [-0.15, -0.1) is 11.8 Å². The molecule has 5 nitrogen and oxygen atoms in total. The molecule has 0 aromatic heterocycles. The van der Waals surface area contributed by atoms with Gasteiger partial charge in [-0.05, 0) is 37.1 Å². The molecule has 0 saturated heterocycles. The Kier molecular flexibility index (Phi) is 4.95. The number of hydrogen-bond donors (Lipinski definition) is 3. The molecule has 1 aromatic carbocycles. The van der Waals surface area contributed by atoms with Crippen molar-refractivity contribution < 1.29 is 13.5 Å². The Morgan fingerprint density at radius 2 is 1.95 bits per heavy atom. The molecule has 2 rings (SSSR count). The zero-order valence-electron chi connectivity index (χ0n) is 11.2. The second-order valence-electron chi connectivity index (χ2n) is 5.22. The Morgan fingerprint density at radius 1 is 1.30 bits per heavy atom. The summed E-state index contributed by atoms with van der Waals surface area (Å²) in [7, 11) is -3.27. The minimum atomic E-state index is -3.27. The topological polar surface area (TPSA) is 92.4 Å². The quantitative estimate of drug-likeness (QED) is 0.492. The van der Waals surface area contributed by atoms with Crippen LogP contribution in [-0.4, -0.2) is 38.2 Å². The molecule has 0 unspecified atom stereocenters. The molecule has 0 heterocycles. The average molecular weight is 316 g/mol. The molecule has 112 valence electrons. The highest BCUT2D eigenvalue weighted by Crippen LogP contribution is 2.44. The zero-order chi connectivity index (χ0) is 14.6. The van der Waals surface area contributed by atoms with Crippen LogP contribution in [0.4, 0.5) is 5.69 Å². The summed E-state index contributed by atoms with van der Waals surface area (Å²) in [6.45, 7) is 0.397. The number of nitrogens with one attached hydrogen (secondary N) is 1. The number of aliphatic hydroxyl groups is 1. The smallest absolute Gasteiger partial charge is 0.212 e. The Morgan fingerprint density at radius 3 is 2.50 bits per heavy atom. The van der Waals surface area contributed by atoms with Crippen LogP contribution in [0.1, 0.15) is 12.8 Å². The lowest BCUT2D eigenvalue weighted by molar-refractivity contribution is 0.213. The van der Waals surface area contributed by atoms with Crippen LogP contribution >= 0.6 is 11.8 Å². The van der Waals surface area contributed by atoms with Crippen LogP contribution in [0.3, 0.4) is 0 Å². The second-order valence-corrected chi connectivity index (χ2v) is 8.31. The summed E-state index contributed by atoms with van der Waals surface area (Å²) in [5.41, 5.74) is 6.09. The monoisotopic (exact) mass is 316 g/mol. The molecule has 7 heteroatoms. The molecule has 4 N–H and O–H groups in total. The van der Waals surface area contributed by atoms with E-state index in [9.17, 15) is 8.42 Å². The van der Waals surface area contributed by atoms with Crippen molar-refractivity contribution in [3.05, 3.63) is 24.3 Å². The Balaban J connectivity index is 1.73. The molecule has 1 saturated carbocycles. The minimum absolute atomic E-state index is 0.0513. The van der Waals surface area contributed by atoms with Crippen molar-refractivity contribution in [1.82, 2.24) is 4.72 Å². The van der Waals surface area contributed by atoms with Gasteiger partial charge in [0.2, 0.25) is 10.0 Å². The normalized spacial score (nSPS) is 17.1. The van der Waals surface area contributed by atoms with E-state index >= 15 is 0 Å². The van der Waals surface area contributed by atoms with Crippen molar-refractivity contribution in [2.75, 3.05) is 30.4 Å². The predicted octanol–water partition coefficient (Wildman–Crippen LogP) is 1.05. The first kappa shape index (κ1) is 15.6. The van der Waals surface area contributed by atoms with E-state index in [2.05, 4.69) is 4.72 Å². The first-order chi connectivity index (χ1) is 9.45. The maximum Gasteiger partial charge on any atom is 0.212 e. The summed E-state index contributed by atoms with van der Waals surface area (Å²) < 4.78 is 26.3. The maximum absolute atomic E-state index is 11.8. The average Bonchev–Trinajstić information content (AvgIpc) is 3.20. The minimum Gasteiger partial charge on any atom is -0.399 e. The van der Waals surface area contributed by atoms with Gasteiger partial charge in [0.15, 0.2) is 0 Å². The number of nitrogens with two attached hydrogens (primary N) is 1. The van der Waals surface area contributed by atoms with E-state index in [0.29, 0.717) is 18.0 Å². The molecule has 20 heavy (non-hydrogen) atoms. The van der Waals surface area contributed by atoms with Crippen molar-refractivity contribution in [3.63, 3.8) is 0 Å². The van der Waals surface area contributed by atoms with E-state index in [-0.39, 0.29) is 17.8 Å². The Hall–Kier alpha value is -0.760. The number of benzene rings is 1. The summed E-state index contributed by atoms with van der Waals surface area (Å²) in [5.74, 6) is 0.564. The largest absolute Gasteiger partial charge is 0.399 e. The highest BCUT2D eigenvalue weighted by molar-refractivity contribution is 8.00. The van der Waals surface area contributed by atoms with Crippen LogP contribution < -0.4 is 10.5 Å². The van der Waals surface area contributed by atoms with Gasteiger partial charge < -0.3 is 10.8 Å². The van der Waals surface area contributed by atoms with Gasteiger partial charge in [-0.25, -0.2) is 13.1 Å². The molecular weight excluding hydrogens is 296 g/mol. The summed E-state index contributed by atoms with van der Waals surface area (Å²) in [4.78, 5) is 1.00. The van der Waals surface area contributed by atoms with Crippen LogP contribution in [0.2, 0.25) is 0 Å². The third-order valence-electron chi connectivity index (χ3n) is 3.46. The molecule has 0 bridgehead atoms. The van der Waals surface area contributed by atoms with Crippen molar-refractivity contribution >= 4 is 27.5 Å². The molecule has 1 aliphatic rings. The molecule has 0 amide bonds. The lowest BCUT2D eigenvalue weighted by atomic mass is 10.1. The van der Waals surface area contributed by atoms with Crippen molar-refractivity contribution in [2.24, 2.45) is 5.41 Å². The third kappa shape index (κ3) is 4.66. The molecule has 1 aromatic rings. The van der Waals surface area contributed by atoms with Gasteiger partial charge in [0.1, 0.15) is 0 Å². The number of anilines is 1. The summed E-state index contributed by atoms with van der Waals surface area (Å²) in [5, 5.41) is 9.15. The van der Waals surface area contributed by atoms with Crippen LogP contribution in [0.25, 0.3) is 0 Å². The standard InChI is InChI=1S/C13H20N2O3S2/c14-11-1-3-12(4-2-11)19-7-8-20(17,18)15-9-13(10-16)5-6-13/h1-4,15-16H,5-10,14H2. The van der Waals surface area contributed by atoms with Gasteiger partial charge in [0.05, 0.1) is 5.75 Å². The fraction of sp³-hybridized carbons (Fsp3) is 0.538. The summed E-state index contributed by atoms with van der Waals surface area (Å²) in [6, 6.07) is 7.36. The predicted molar refractivity (Wildman–Crippen MR) is 82.1 cm³/mol. The van der Waals surface area contributed by atoms with Gasteiger partial charge in [0, 0.05) is 34.9 Å². The molecule has 0 atom stereocenters. The number of thioether (sulfide) groups is 1. The fourth-order valence-electron chi connectivity index (χ4n) is 1.74. The van der Waals surface area contributed by atoms with Crippen molar-refractivity contribution in [2.45, 2.75) is 17.7 Å². The summed E-state index contributed by atoms with van der Waals surface area (Å²) >= 11 is 1.49.